The van der Waals surface area contributed by atoms with E-state index in [0.717, 1.165) is 25.3 Å². The molecule has 0 spiro atoms. The number of nitrogens with one attached hydrogen (secondary N) is 1. The Morgan fingerprint density at radius 3 is 2.56 bits per heavy atom. The predicted octanol–water partition coefficient (Wildman–Crippen LogP) is 2.56. The number of aliphatic carboxylic acids is 1. The van der Waals surface area contributed by atoms with Crippen LogP contribution in [0.25, 0.3) is 0 Å². The van der Waals surface area contributed by atoms with Crippen LogP contribution in [0.4, 0.5) is 0 Å². The molecule has 18 heavy (non-hydrogen) atoms. The van der Waals surface area contributed by atoms with E-state index in [2.05, 4.69) is 5.32 Å². The van der Waals surface area contributed by atoms with E-state index in [1.165, 1.54) is 0 Å². The van der Waals surface area contributed by atoms with Crippen LogP contribution in [-0.2, 0) is 4.79 Å². The minimum absolute atomic E-state index is 0.217. The van der Waals surface area contributed by atoms with Gasteiger partial charge in [-0.1, -0.05) is 11.6 Å². The van der Waals surface area contributed by atoms with E-state index in [-0.39, 0.29) is 6.42 Å². The molecular weight excluding hydrogens is 254 g/mol. The van der Waals surface area contributed by atoms with Gasteiger partial charge in [-0.25, -0.2) is 0 Å². The molecule has 0 bridgehead atoms. The number of carboxylic acids is 1. The zero-order chi connectivity index (χ0) is 13.2. The smallest absolute Gasteiger partial charge is 0.303 e. The Morgan fingerprint density at radius 1 is 1.22 bits per heavy atom. The van der Waals surface area contributed by atoms with Gasteiger partial charge < -0.3 is 15.2 Å². The van der Waals surface area contributed by atoms with Gasteiger partial charge in [-0.3, -0.25) is 4.79 Å². The van der Waals surface area contributed by atoms with Crippen LogP contribution in [-0.4, -0.2) is 30.8 Å². The SMILES string of the molecule is O=C(O)CCCNCCCOc1ccc(Cl)cc1. The summed E-state index contributed by atoms with van der Waals surface area (Å²) in [5, 5.41) is 12.3. The van der Waals surface area contributed by atoms with Crippen molar-refractivity contribution in [3.05, 3.63) is 29.3 Å². The van der Waals surface area contributed by atoms with Crippen molar-refractivity contribution in [3.63, 3.8) is 0 Å². The van der Waals surface area contributed by atoms with E-state index in [0.29, 0.717) is 18.1 Å². The summed E-state index contributed by atoms with van der Waals surface area (Å²) in [5.41, 5.74) is 0. The molecule has 1 rings (SSSR count). The number of halogens is 1. The summed E-state index contributed by atoms with van der Waals surface area (Å²) in [6.07, 6.45) is 1.76. The highest BCUT2D eigenvalue weighted by atomic mass is 35.5. The van der Waals surface area contributed by atoms with E-state index in [4.69, 9.17) is 21.4 Å². The Hall–Kier alpha value is -1.26. The fourth-order valence-corrected chi connectivity index (χ4v) is 1.53. The molecule has 0 aromatic heterocycles. The molecule has 0 radical (unpaired) electrons. The van der Waals surface area contributed by atoms with Gasteiger partial charge in [0.25, 0.3) is 0 Å². The molecule has 0 amide bonds. The molecule has 2 N–H and O–H groups in total. The molecule has 0 heterocycles. The van der Waals surface area contributed by atoms with E-state index < -0.39 is 5.97 Å². The van der Waals surface area contributed by atoms with Crippen molar-refractivity contribution in [2.75, 3.05) is 19.7 Å². The molecule has 0 aliphatic rings. The largest absolute Gasteiger partial charge is 0.494 e. The Balaban J connectivity index is 1.95. The van der Waals surface area contributed by atoms with Gasteiger partial charge in [-0.2, -0.15) is 0 Å². The maximum atomic E-state index is 10.3. The lowest BCUT2D eigenvalue weighted by Gasteiger charge is -2.07. The summed E-state index contributed by atoms with van der Waals surface area (Å²) in [6.45, 7) is 2.19. The minimum Gasteiger partial charge on any atom is -0.494 e. The Morgan fingerprint density at radius 2 is 1.89 bits per heavy atom. The maximum absolute atomic E-state index is 10.3. The van der Waals surface area contributed by atoms with Crippen molar-refractivity contribution >= 4 is 17.6 Å². The number of hydrogen-bond acceptors (Lipinski definition) is 3. The molecule has 0 aliphatic carbocycles. The molecule has 4 nitrogen and oxygen atoms in total. The predicted molar refractivity (Wildman–Crippen MR) is 71.3 cm³/mol. The van der Waals surface area contributed by atoms with Crippen LogP contribution in [0.1, 0.15) is 19.3 Å². The topological polar surface area (TPSA) is 58.6 Å². The lowest BCUT2D eigenvalue weighted by Crippen LogP contribution is -2.19. The highest BCUT2D eigenvalue weighted by Gasteiger charge is 1.96. The van der Waals surface area contributed by atoms with Crippen LogP contribution in [0.3, 0.4) is 0 Å². The van der Waals surface area contributed by atoms with E-state index >= 15 is 0 Å². The monoisotopic (exact) mass is 271 g/mol. The summed E-state index contributed by atoms with van der Waals surface area (Å²) < 4.78 is 5.51. The summed E-state index contributed by atoms with van der Waals surface area (Å²) in [4.78, 5) is 10.3. The molecular formula is C13H18ClNO3. The number of hydrogen-bond donors (Lipinski definition) is 2. The second kappa shape index (κ2) is 8.78. The minimum atomic E-state index is -0.747. The van der Waals surface area contributed by atoms with Crippen LogP contribution >= 0.6 is 11.6 Å². The number of benzene rings is 1. The summed E-state index contributed by atoms with van der Waals surface area (Å²) in [5.74, 6) is 0.0631. The summed E-state index contributed by atoms with van der Waals surface area (Å²) >= 11 is 5.76. The van der Waals surface area contributed by atoms with E-state index in [1.54, 1.807) is 12.1 Å². The second-order valence-electron chi connectivity index (χ2n) is 3.90. The average Bonchev–Trinajstić information content (AvgIpc) is 2.34. The summed E-state index contributed by atoms with van der Waals surface area (Å²) in [6, 6.07) is 7.26. The Kier molecular flexibility index (Phi) is 7.22. The van der Waals surface area contributed by atoms with Crippen molar-refractivity contribution in [2.24, 2.45) is 0 Å². The lowest BCUT2D eigenvalue weighted by atomic mass is 10.3. The van der Waals surface area contributed by atoms with Crippen LogP contribution < -0.4 is 10.1 Å². The van der Waals surface area contributed by atoms with Crippen LogP contribution in [0.2, 0.25) is 5.02 Å². The van der Waals surface area contributed by atoms with Gasteiger partial charge in [0.2, 0.25) is 0 Å². The molecule has 0 fully saturated rings. The molecule has 0 aliphatic heterocycles. The first-order valence-corrected chi connectivity index (χ1v) is 6.37. The number of carbonyl (C=O) groups is 1. The number of ether oxygens (including phenoxy) is 1. The number of carboxylic acid groups (broad SMARTS) is 1. The van der Waals surface area contributed by atoms with Gasteiger partial charge >= 0.3 is 5.97 Å². The van der Waals surface area contributed by atoms with Gasteiger partial charge in [0, 0.05) is 11.4 Å². The second-order valence-corrected chi connectivity index (χ2v) is 4.34. The van der Waals surface area contributed by atoms with Crippen LogP contribution in [0.15, 0.2) is 24.3 Å². The van der Waals surface area contributed by atoms with Gasteiger partial charge in [-0.05, 0) is 50.2 Å². The van der Waals surface area contributed by atoms with Gasteiger partial charge in [-0.15, -0.1) is 0 Å². The van der Waals surface area contributed by atoms with Gasteiger partial charge in [0.15, 0.2) is 0 Å². The highest BCUT2D eigenvalue weighted by Crippen LogP contribution is 2.15. The zero-order valence-electron chi connectivity index (χ0n) is 10.2. The maximum Gasteiger partial charge on any atom is 0.303 e. The standard InChI is InChI=1S/C13H18ClNO3/c14-11-4-6-12(7-5-11)18-10-2-9-15-8-1-3-13(16)17/h4-7,15H,1-3,8-10H2,(H,16,17). The van der Waals surface area contributed by atoms with Crippen molar-refractivity contribution in [1.29, 1.82) is 0 Å². The molecule has 1 aromatic carbocycles. The fourth-order valence-electron chi connectivity index (χ4n) is 1.41. The molecule has 1 aromatic rings. The van der Waals surface area contributed by atoms with Gasteiger partial charge in [0.05, 0.1) is 6.61 Å². The Bertz CT molecular complexity index is 354. The first-order valence-electron chi connectivity index (χ1n) is 5.99. The first kappa shape index (κ1) is 14.8. The van der Waals surface area contributed by atoms with E-state index in [1.807, 2.05) is 12.1 Å². The third-order valence-electron chi connectivity index (χ3n) is 2.32. The number of rotatable bonds is 9. The average molecular weight is 272 g/mol. The summed E-state index contributed by atoms with van der Waals surface area (Å²) in [7, 11) is 0. The fraction of sp³-hybridized carbons (Fsp3) is 0.462. The van der Waals surface area contributed by atoms with Crippen LogP contribution in [0.5, 0.6) is 5.75 Å². The van der Waals surface area contributed by atoms with E-state index in [9.17, 15) is 4.79 Å². The molecule has 0 atom stereocenters. The Labute approximate surface area is 112 Å². The molecule has 5 heteroatoms. The van der Waals surface area contributed by atoms with Crippen molar-refractivity contribution < 1.29 is 14.6 Å². The molecule has 0 unspecified atom stereocenters. The highest BCUT2D eigenvalue weighted by molar-refractivity contribution is 6.30. The third-order valence-corrected chi connectivity index (χ3v) is 2.58. The van der Waals surface area contributed by atoms with Crippen LogP contribution in [0, 0.1) is 0 Å². The molecule has 0 saturated heterocycles. The lowest BCUT2D eigenvalue weighted by molar-refractivity contribution is -0.137. The third kappa shape index (κ3) is 7.14. The van der Waals surface area contributed by atoms with Crippen molar-refractivity contribution in [2.45, 2.75) is 19.3 Å². The van der Waals surface area contributed by atoms with Crippen molar-refractivity contribution in [1.82, 2.24) is 5.32 Å². The normalized spacial score (nSPS) is 10.3. The molecule has 0 saturated carbocycles. The molecule has 100 valence electrons. The quantitative estimate of drug-likeness (QED) is 0.678. The van der Waals surface area contributed by atoms with Gasteiger partial charge in [0.1, 0.15) is 5.75 Å². The van der Waals surface area contributed by atoms with Crippen molar-refractivity contribution in [3.8, 4) is 5.75 Å². The first-order chi connectivity index (χ1) is 8.68. The zero-order valence-corrected chi connectivity index (χ0v) is 10.9.